The van der Waals surface area contributed by atoms with Crippen molar-refractivity contribution in [3.63, 3.8) is 0 Å². The Morgan fingerprint density at radius 1 is 1.10 bits per heavy atom. The smallest absolute Gasteiger partial charge is 0.311 e. The van der Waals surface area contributed by atoms with E-state index >= 15 is 0 Å². The van der Waals surface area contributed by atoms with Crippen LogP contribution in [0.4, 0.5) is 5.69 Å². The van der Waals surface area contributed by atoms with Gasteiger partial charge in [0.25, 0.3) is 0 Å². The maximum Gasteiger partial charge on any atom is 0.311 e. The number of fused-ring (bicyclic) bond motifs is 1. The highest BCUT2D eigenvalue weighted by Crippen LogP contribution is 2.30. The van der Waals surface area contributed by atoms with E-state index < -0.39 is 11.9 Å². The molecule has 2 heterocycles. The molecule has 0 radical (unpaired) electrons. The Hall–Kier alpha value is -3.41. The number of benzene rings is 2. The number of anilines is 1. The summed E-state index contributed by atoms with van der Waals surface area (Å²) in [6.07, 6.45) is 0.0898. The zero-order chi connectivity index (χ0) is 21.4. The summed E-state index contributed by atoms with van der Waals surface area (Å²) in [5, 5.41) is 0.813. The van der Waals surface area contributed by atoms with Gasteiger partial charge >= 0.3 is 5.97 Å². The highest BCUT2D eigenvalue weighted by molar-refractivity contribution is 6.10. The monoisotopic (exact) mass is 404 g/mol. The van der Waals surface area contributed by atoms with Crippen LogP contribution in [0.2, 0.25) is 0 Å². The van der Waals surface area contributed by atoms with Crippen molar-refractivity contribution in [1.82, 2.24) is 4.98 Å². The van der Waals surface area contributed by atoms with Gasteiger partial charge in [-0.05, 0) is 44.0 Å². The minimum Gasteiger partial charge on any atom is -0.457 e. The molecule has 1 aliphatic heterocycles. The van der Waals surface area contributed by atoms with Crippen molar-refractivity contribution >= 4 is 34.3 Å². The number of amides is 1. The van der Waals surface area contributed by atoms with Gasteiger partial charge in [-0.25, -0.2) is 0 Å². The standard InChI is InChI=1S/C24H24N2O4/c1-14-7-6-10-20(15(14)2)26-12-17(11-22(26)28)24(29)30-13-21(27)23-16(3)25-19-9-5-4-8-18(19)23/h4-10,17,25H,11-13H2,1-3H3/t17-/m1/s1. The second kappa shape index (κ2) is 7.78. The topological polar surface area (TPSA) is 79.5 Å². The molecule has 6 heteroatoms. The lowest BCUT2D eigenvalue weighted by molar-refractivity contribution is -0.147. The predicted octanol–water partition coefficient (Wildman–Crippen LogP) is 3.87. The second-order valence-corrected chi connectivity index (χ2v) is 7.83. The Bertz CT molecular complexity index is 1160. The maximum atomic E-state index is 12.7. The first kappa shape index (κ1) is 19.9. The van der Waals surface area contributed by atoms with Gasteiger partial charge in [-0.1, -0.05) is 30.3 Å². The summed E-state index contributed by atoms with van der Waals surface area (Å²) in [5.41, 5.74) is 5.08. The average Bonchev–Trinajstić information content (AvgIpc) is 3.27. The quantitative estimate of drug-likeness (QED) is 0.517. The van der Waals surface area contributed by atoms with Gasteiger partial charge in [-0.2, -0.15) is 0 Å². The van der Waals surface area contributed by atoms with E-state index in [1.165, 1.54) is 0 Å². The van der Waals surface area contributed by atoms with Crippen LogP contribution < -0.4 is 4.90 Å². The molecule has 154 valence electrons. The number of hydrogen-bond donors (Lipinski definition) is 1. The molecule has 1 fully saturated rings. The number of ether oxygens (including phenoxy) is 1. The SMILES string of the molecule is Cc1cccc(N2C[C@H](C(=O)OCC(=O)c3c(C)[nH]c4ccccc34)CC2=O)c1C. The molecular weight excluding hydrogens is 380 g/mol. The third kappa shape index (κ3) is 3.49. The molecule has 2 aromatic carbocycles. The summed E-state index contributed by atoms with van der Waals surface area (Å²) in [6.45, 7) is 5.71. The highest BCUT2D eigenvalue weighted by atomic mass is 16.5. The first-order valence-corrected chi connectivity index (χ1v) is 10.0. The van der Waals surface area contributed by atoms with E-state index in [-0.39, 0.29) is 31.3 Å². The third-order valence-electron chi connectivity index (χ3n) is 5.84. The molecule has 0 aliphatic carbocycles. The van der Waals surface area contributed by atoms with Crippen molar-refractivity contribution in [3.05, 3.63) is 64.8 Å². The molecule has 1 aliphatic rings. The molecule has 6 nitrogen and oxygen atoms in total. The number of Topliss-reactive ketones (excluding diaryl/α,β-unsaturated/α-hetero) is 1. The van der Waals surface area contributed by atoms with E-state index in [2.05, 4.69) is 4.98 Å². The van der Waals surface area contributed by atoms with Crippen LogP contribution in [0.3, 0.4) is 0 Å². The number of nitrogens with one attached hydrogen (secondary N) is 1. The Balaban J connectivity index is 1.43. The normalized spacial score (nSPS) is 16.3. The Kier molecular flexibility index (Phi) is 5.16. The zero-order valence-corrected chi connectivity index (χ0v) is 17.3. The van der Waals surface area contributed by atoms with E-state index in [0.717, 1.165) is 33.4 Å². The molecule has 4 rings (SSSR count). The van der Waals surface area contributed by atoms with Gasteiger partial charge in [0, 0.05) is 40.8 Å². The Morgan fingerprint density at radius 3 is 2.67 bits per heavy atom. The largest absolute Gasteiger partial charge is 0.457 e. The zero-order valence-electron chi connectivity index (χ0n) is 17.3. The van der Waals surface area contributed by atoms with Crippen molar-refractivity contribution in [2.75, 3.05) is 18.1 Å². The van der Waals surface area contributed by atoms with Gasteiger partial charge in [0.05, 0.1) is 5.92 Å². The van der Waals surface area contributed by atoms with Gasteiger partial charge in [0.2, 0.25) is 11.7 Å². The number of esters is 1. The first-order valence-electron chi connectivity index (χ1n) is 10.0. The molecule has 0 spiro atoms. The van der Waals surface area contributed by atoms with Gasteiger partial charge in [0.1, 0.15) is 0 Å². The van der Waals surface area contributed by atoms with Gasteiger partial charge in [0.15, 0.2) is 6.61 Å². The number of aromatic amines is 1. The lowest BCUT2D eigenvalue weighted by atomic mass is 10.1. The molecule has 1 atom stereocenters. The van der Waals surface area contributed by atoms with Crippen LogP contribution in [-0.4, -0.2) is 35.8 Å². The maximum absolute atomic E-state index is 12.7. The van der Waals surface area contributed by atoms with Crippen LogP contribution in [0.5, 0.6) is 0 Å². The number of para-hydroxylation sites is 1. The summed E-state index contributed by atoms with van der Waals surface area (Å²) >= 11 is 0. The molecule has 0 saturated carbocycles. The molecule has 1 amide bonds. The van der Waals surface area contributed by atoms with Crippen molar-refractivity contribution in [3.8, 4) is 0 Å². The van der Waals surface area contributed by atoms with Gasteiger partial charge in [-0.15, -0.1) is 0 Å². The molecule has 0 unspecified atom stereocenters. The predicted molar refractivity (Wildman–Crippen MR) is 115 cm³/mol. The van der Waals surface area contributed by atoms with Crippen LogP contribution >= 0.6 is 0 Å². The Labute approximate surface area is 174 Å². The summed E-state index contributed by atoms with van der Waals surface area (Å²) in [4.78, 5) is 42.6. The summed E-state index contributed by atoms with van der Waals surface area (Å²) in [5.74, 6) is -1.45. The number of hydrogen-bond acceptors (Lipinski definition) is 4. The number of nitrogens with zero attached hydrogens (tertiary/aromatic N) is 1. The molecule has 1 aromatic heterocycles. The minimum atomic E-state index is -0.575. The molecule has 30 heavy (non-hydrogen) atoms. The van der Waals surface area contributed by atoms with Crippen LogP contribution in [0.15, 0.2) is 42.5 Å². The van der Waals surface area contributed by atoms with E-state index in [9.17, 15) is 14.4 Å². The average molecular weight is 404 g/mol. The molecule has 1 N–H and O–H groups in total. The molecule has 0 bridgehead atoms. The Morgan fingerprint density at radius 2 is 1.87 bits per heavy atom. The lowest BCUT2D eigenvalue weighted by Crippen LogP contribution is -2.28. The molecule has 3 aromatic rings. The fraction of sp³-hybridized carbons (Fsp3) is 0.292. The number of H-pyrrole nitrogens is 1. The van der Waals surface area contributed by atoms with Gasteiger partial charge < -0.3 is 14.6 Å². The van der Waals surface area contributed by atoms with Crippen LogP contribution in [0.1, 0.15) is 33.6 Å². The van der Waals surface area contributed by atoms with E-state index in [0.29, 0.717) is 5.56 Å². The van der Waals surface area contributed by atoms with Crippen molar-refractivity contribution < 1.29 is 19.1 Å². The van der Waals surface area contributed by atoms with Gasteiger partial charge in [-0.3, -0.25) is 14.4 Å². The summed E-state index contributed by atoms with van der Waals surface area (Å²) in [6, 6.07) is 13.3. The highest BCUT2D eigenvalue weighted by Gasteiger charge is 2.37. The van der Waals surface area contributed by atoms with Crippen molar-refractivity contribution in [2.24, 2.45) is 5.92 Å². The van der Waals surface area contributed by atoms with Crippen molar-refractivity contribution in [1.29, 1.82) is 0 Å². The lowest BCUT2D eigenvalue weighted by Gasteiger charge is -2.20. The molecule has 1 saturated heterocycles. The number of carbonyl (C=O) groups is 3. The van der Waals surface area contributed by atoms with Crippen LogP contribution in [0.25, 0.3) is 10.9 Å². The molecular formula is C24H24N2O4. The van der Waals surface area contributed by atoms with Crippen LogP contribution in [0, 0.1) is 26.7 Å². The minimum absolute atomic E-state index is 0.0898. The number of aromatic nitrogens is 1. The summed E-state index contributed by atoms with van der Waals surface area (Å²) in [7, 11) is 0. The summed E-state index contributed by atoms with van der Waals surface area (Å²) < 4.78 is 5.32. The van der Waals surface area contributed by atoms with E-state index in [4.69, 9.17) is 4.74 Å². The second-order valence-electron chi connectivity index (χ2n) is 7.83. The fourth-order valence-corrected chi connectivity index (χ4v) is 4.09. The van der Waals surface area contributed by atoms with Crippen LogP contribution in [-0.2, 0) is 14.3 Å². The number of aryl methyl sites for hydroxylation is 2. The van der Waals surface area contributed by atoms with Crippen molar-refractivity contribution in [2.45, 2.75) is 27.2 Å². The van der Waals surface area contributed by atoms with E-state index in [1.54, 1.807) is 4.90 Å². The number of ketones is 1. The number of carbonyl (C=O) groups excluding carboxylic acids is 3. The first-order chi connectivity index (χ1) is 14.4. The fourth-order valence-electron chi connectivity index (χ4n) is 4.09. The number of rotatable bonds is 5. The third-order valence-corrected chi connectivity index (χ3v) is 5.84. The van der Waals surface area contributed by atoms with E-state index in [1.807, 2.05) is 63.2 Å².